The summed E-state index contributed by atoms with van der Waals surface area (Å²) in [4.78, 5) is 13.4. The molecule has 183 valence electrons. The van der Waals surface area contributed by atoms with Crippen molar-refractivity contribution in [2.24, 2.45) is 0 Å². The summed E-state index contributed by atoms with van der Waals surface area (Å²) >= 11 is 6.57. The molecule has 5 nitrogen and oxygen atoms in total. The van der Waals surface area contributed by atoms with Crippen molar-refractivity contribution in [1.29, 1.82) is 0 Å². The van der Waals surface area contributed by atoms with Crippen LogP contribution in [0.4, 0.5) is 0 Å². The van der Waals surface area contributed by atoms with E-state index in [9.17, 15) is 4.79 Å². The van der Waals surface area contributed by atoms with Crippen molar-refractivity contribution in [3.8, 4) is 11.5 Å². The minimum absolute atomic E-state index is 0.0898. The van der Waals surface area contributed by atoms with Gasteiger partial charge in [0, 0.05) is 16.5 Å². The number of halogens is 1. The maximum Gasteiger partial charge on any atom is 0.208 e. The smallest absolute Gasteiger partial charge is 0.208 e. The Morgan fingerprint density at radius 2 is 1.51 bits per heavy atom. The largest absolute Gasteiger partial charge is 0.496 e. The second kappa shape index (κ2) is 9.68. The third-order valence-electron chi connectivity index (χ3n) is 6.03. The van der Waals surface area contributed by atoms with Crippen molar-refractivity contribution in [3.05, 3.63) is 81.0 Å². The normalized spacial score (nSPS) is 12.9. The summed E-state index contributed by atoms with van der Waals surface area (Å²) in [5, 5.41) is 1.49. The lowest BCUT2D eigenvalue weighted by Gasteiger charge is -2.30. The SMILES string of the molecule is COc1cc(C(O[Si](C)C)n2c3ccccc3c(=O)c3c(Cl)cccc32)cc(OC)c1C(C)(C)C. The maximum atomic E-state index is 13.4. The van der Waals surface area contributed by atoms with E-state index in [1.807, 2.05) is 48.5 Å². The third-order valence-corrected chi connectivity index (χ3v) is 7.04. The van der Waals surface area contributed by atoms with Gasteiger partial charge in [0.25, 0.3) is 0 Å². The van der Waals surface area contributed by atoms with Crippen LogP contribution in [0, 0.1) is 0 Å². The highest BCUT2D eigenvalue weighted by molar-refractivity contribution is 6.48. The Morgan fingerprint density at radius 1 is 0.914 bits per heavy atom. The number of ether oxygens (including phenoxy) is 2. The first-order chi connectivity index (χ1) is 16.6. The third kappa shape index (κ3) is 4.58. The average Bonchev–Trinajstić information content (AvgIpc) is 2.81. The Bertz CT molecular complexity index is 1430. The molecule has 7 heteroatoms. The molecule has 0 fully saturated rings. The fourth-order valence-electron chi connectivity index (χ4n) is 4.64. The van der Waals surface area contributed by atoms with E-state index in [-0.39, 0.29) is 10.8 Å². The number of hydrogen-bond donors (Lipinski definition) is 0. The molecule has 4 aromatic rings. The number of methoxy groups -OCH3 is 2. The van der Waals surface area contributed by atoms with Crippen molar-refractivity contribution >= 4 is 42.4 Å². The molecule has 0 saturated heterocycles. The summed E-state index contributed by atoms with van der Waals surface area (Å²) in [6.07, 6.45) is -0.526. The highest BCUT2D eigenvalue weighted by Gasteiger charge is 2.29. The lowest BCUT2D eigenvalue weighted by Crippen LogP contribution is -2.24. The summed E-state index contributed by atoms with van der Waals surface area (Å²) < 4.78 is 20.4. The molecule has 0 aliphatic heterocycles. The predicted octanol–water partition coefficient (Wildman–Crippen LogP) is 6.94. The molecule has 4 rings (SSSR count). The molecule has 1 aromatic heterocycles. The lowest BCUT2D eigenvalue weighted by molar-refractivity contribution is 0.184. The van der Waals surface area contributed by atoms with Crippen molar-refractivity contribution in [3.63, 3.8) is 0 Å². The first-order valence-electron chi connectivity index (χ1n) is 11.5. The van der Waals surface area contributed by atoms with Gasteiger partial charge in [-0.15, -0.1) is 0 Å². The molecule has 0 saturated carbocycles. The van der Waals surface area contributed by atoms with E-state index in [2.05, 4.69) is 38.4 Å². The number of benzene rings is 3. The van der Waals surface area contributed by atoms with Crippen molar-refractivity contribution < 1.29 is 13.9 Å². The zero-order valence-electron chi connectivity index (χ0n) is 21.2. The number of rotatable bonds is 6. The topological polar surface area (TPSA) is 49.7 Å². The van der Waals surface area contributed by atoms with E-state index < -0.39 is 15.3 Å². The van der Waals surface area contributed by atoms with Gasteiger partial charge in [0.05, 0.1) is 35.7 Å². The van der Waals surface area contributed by atoms with Crippen LogP contribution in [0.15, 0.2) is 59.4 Å². The summed E-state index contributed by atoms with van der Waals surface area (Å²) in [6, 6.07) is 17.1. The summed E-state index contributed by atoms with van der Waals surface area (Å²) in [5.74, 6) is 1.46. The van der Waals surface area contributed by atoms with Gasteiger partial charge < -0.3 is 18.5 Å². The molecule has 35 heavy (non-hydrogen) atoms. The number of para-hydroxylation sites is 1. The molecule has 0 aliphatic carbocycles. The van der Waals surface area contributed by atoms with E-state index in [0.29, 0.717) is 21.3 Å². The van der Waals surface area contributed by atoms with Crippen molar-refractivity contribution in [2.45, 2.75) is 45.5 Å². The van der Waals surface area contributed by atoms with Crippen LogP contribution in [-0.4, -0.2) is 27.8 Å². The van der Waals surface area contributed by atoms with Crippen LogP contribution in [-0.2, 0) is 9.84 Å². The molecular weight excluding hydrogens is 478 g/mol. The van der Waals surface area contributed by atoms with Crippen molar-refractivity contribution in [1.82, 2.24) is 4.57 Å². The van der Waals surface area contributed by atoms with Gasteiger partial charge in [0.2, 0.25) is 9.04 Å². The molecule has 1 radical (unpaired) electrons. The Kier molecular flexibility index (Phi) is 7.00. The van der Waals surface area contributed by atoms with Gasteiger partial charge in [0.15, 0.2) is 11.7 Å². The van der Waals surface area contributed by atoms with E-state index in [4.69, 9.17) is 25.5 Å². The van der Waals surface area contributed by atoms with Gasteiger partial charge in [-0.05, 0) is 54.9 Å². The fourth-order valence-corrected chi connectivity index (χ4v) is 5.58. The van der Waals surface area contributed by atoms with Crippen LogP contribution in [0.2, 0.25) is 18.1 Å². The average molecular weight is 509 g/mol. The molecule has 0 amide bonds. The number of nitrogens with zero attached hydrogens (tertiary/aromatic N) is 1. The zero-order valence-corrected chi connectivity index (χ0v) is 23.0. The second-order valence-electron chi connectivity index (χ2n) is 9.78. The zero-order chi connectivity index (χ0) is 25.5. The summed E-state index contributed by atoms with van der Waals surface area (Å²) in [7, 11) is 2.16. The summed E-state index contributed by atoms with van der Waals surface area (Å²) in [6.45, 7) is 10.6. The molecular formula is C28H31ClNO4Si. The number of pyridine rings is 1. The standard InChI is InChI=1S/C28H31ClNO4Si/c1-28(2,3)25-22(32-4)15-17(16-23(25)33-5)27(34-35(6)7)30-20-13-9-8-11-18(20)26(31)24-19(29)12-10-14-21(24)30/h8-16,27H,1-7H3. The molecule has 1 atom stereocenters. The highest BCUT2D eigenvalue weighted by atomic mass is 35.5. The van der Waals surface area contributed by atoms with Gasteiger partial charge in [0.1, 0.15) is 11.5 Å². The van der Waals surface area contributed by atoms with E-state index >= 15 is 0 Å². The molecule has 0 bridgehead atoms. The Morgan fingerprint density at radius 3 is 2.09 bits per heavy atom. The summed E-state index contributed by atoms with van der Waals surface area (Å²) in [5.41, 5.74) is 3.06. The van der Waals surface area contributed by atoms with Crippen LogP contribution in [0.1, 0.15) is 38.1 Å². The Labute approximate surface area is 212 Å². The maximum absolute atomic E-state index is 13.4. The number of aromatic nitrogens is 1. The van der Waals surface area contributed by atoms with E-state index in [1.54, 1.807) is 20.3 Å². The molecule has 0 aliphatic rings. The Hall–Kier alpha value is -2.80. The quantitative estimate of drug-likeness (QED) is 0.209. The van der Waals surface area contributed by atoms with Crippen LogP contribution in [0.25, 0.3) is 21.8 Å². The monoisotopic (exact) mass is 508 g/mol. The van der Waals surface area contributed by atoms with Crippen LogP contribution >= 0.6 is 11.6 Å². The Balaban J connectivity index is 2.14. The van der Waals surface area contributed by atoms with Crippen molar-refractivity contribution in [2.75, 3.05) is 14.2 Å². The van der Waals surface area contributed by atoms with E-state index in [1.165, 1.54) is 0 Å². The van der Waals surface area contributed by atoms with Gasteiger partial charge >= 0.3 is 0 Å². The molecule has 0 N–H and O–H groups in total. The first-order valence-corrected chi connectivity index (χ1v) is 14.3. The van der Waals surface area contributed by atoms with Crippen LogP contribution < -0.4 is 14.9 Å². The number of hydrogen-bond acceptors (Lipinski definition) is 4. The second-order valence-corrected chi connectivity index (χ2v) is 12.2. The molecule has 1 unspecified atom stereocenters. The fraction of sp³-hybridized carbons (Fsp3) is 0.321. The molecule has 1 heterocycles. The van der Waals surface area contributed by atoms with Crippen LogP contribution in [0.3, 0.4) is 0 Å². The van der Waals surface area contributed by atoms with Crippen LogP contribution in [0.5, 0.6) is 11.5 Å². The lowest BCUT2D eigenvalue weighted by atomic mass is 9.84. The molecule has 3 aromatic carbocycles. The first kappa shape index (κ1) is 25.3. The van der Waals surface area contributed by atoms with Gasteiger partial charge in [-0.2, -0.15) is 0 Å². The van der Waals surface area contributed by atoms with Gasteiger partial charge in [-0.25, -0.2) is 0 Å². The minimum atomic E-state index is -1.17. The van der Waals surface area contributed by atoms with Gasteiger partial charge in [-0.1, -0.05) is 50.6 Å². The molecule has 0 spiro atoms. The minimum Gasteiger partial charge on any atom is -0.496 e. The highest BCUT2D eigenvalue weighted by Crippen LogP contribution is 2.42. The predicted molar refractivity (Wildman–Crippen MR) is 146 cm³/mol. The number of fused-ring (bicyclic) bond motifs is 2. The van der Waals surface area contributed by atoms with Gasteiger partial charge in [-0.3, -0.25) is 4.79 Å². The van der Waals surface area contributed by atoms with E-state index in [0.717, 1.165) is 28.1 Å².